The Kier molecular flexibility index (Phi) is 4.13. The summed E-state index contributed by atoms with van der Waals surface area (Å²) in [7, 11) is 0. The molecule has 1 aliphatic heterocycles. The first-order valence-electron chi connectivity index (χ1n) is 4.72. The number of hydrogen-bond acceptors (Lipinski definition) is 2. The first kappa shape index (κ1) is 10.7. The molecule has 0 aliphatic carbocycles. The smallest absolute Gasteiger partial charge is 0.238 e. The van der Waals surface area contributed by atoms with E-state index in [1.54, 1.807) is 6.08 Å². The van der Waals surface area contributed by atoms with Crippen molar-refractivity contribution >= 4 is 5.91 Å². The van der Waals surface area contributed by atoms with Crippen LogP contribution in [0.5, 0.6) is 0 Å². The van der Waals surface area contributed by atoms with Crippen molar-refractivity contribution in [1.29, 1.82) is 0 Å². The number of nitrogens with zero attached hydrogens (tertiary/aromatic N) is 1. The van der Waals surface area contributed by atoms with Crippen LogP contribution in [0.2, 0.25) is 0 Å². The van der Waals surface area contributed by atoms with Gasteiger partial charge in [-0.1, -0.05) is 24.8 Å². The highest BCUT2D eigenvalue weighted by Crippen LogP contribution is 1.98. The molecule has 0 atom stereocenters. The normalized spacial score (nSPS) is 17.1. The quantitative estimate of drug-likeness (QED) is 0.533. The van der Waals surface area contributed by atoms with Crippen LogP contribution in [-0.2, 0) is 4.79 Å². The van der Waals surface area contributed by atoms with Gasteiger partial charge in [-0.15, -0.1) is 0 Å². The van der Waals surface area contributed by atoms with E-state index >= 15 is 0 Å². The van der Waals surface area contributed by atoms with Crippen LogP contribution in [-0.4, -0.2) is 30.4 Å². The summed E-state index contributed by atoms with van der Waals surface area (Å²) in [6.07, 6.45) is 7.60. The maximum atomic E-state index is 11.5. The van der Waals surface area contributed by atoms with Crippen LogP contribution in [0.1, 0.15) is 6.92 Å². The van der Waals surface area contributed by atoms with Gasteiger partial charge in [0.1, 0.15) is 0 Å². The molecule has 14 heavy (non-hydrogen) atoms. The molecule has 3 heteroatoms. The Morgan fingerprint density at radius 2 is 2.21 bits per heavy atom. The van der Waals surface area contributed by atoms with Crippen molar-refractivity contribution in [2.24, 2.45) is 0 Å². The van der Waals surface area contributed by atoms with Gasteiger partial charge in [-0.25, -0.2) is 0 Å². The van der Waals surface area contributed by atoms with Crippen LogP contribution in [0, 0.1) is 0 Å². The molecule has 1 N–H and O–H groups in total. The summed E-state index contributed by atoms with van der Waals surface area (Å²) in [5.74, 6) is 0.0155. The second-order valence-corrected chi connectivity index (χ2v) is 3.16. The molecule has 1 amide bonds. The SMILES string of the molecule is C=C/C(=C\C)NC(=O)CN1CC=CC1. The molecule has 0 bridgehead atoms. The highest BCUT2D eigenvalue weighted by atomic mass is 16.2. The third-order valence-electron chi connectivity index (χ3n) is 2.08. The number of hydrogen-bond donors (Lipinski definition) is 1. The zero-order valence-electron chi connectivity index (χ0n) is 8.49. The molecule has 0 aromatic carbocycles. The van der Waals surface area contributed by atoms with Crippen LogP contribution in [0.15, 0.2) is 36.6 Å². The highest BCUT2D eigenvalue weighted by molar-refractivity contribution is 5.80. The largest absolute Gasteiger partial charge is 0.325 e. The van der Waals surface area contributed by atoms with Gasteiger partial charge in [0.15, 0.2) is 0 Å². The van der Waals surface area contributed by atoms with Crippen molar-refractivity contribution in [3.63, 3.8) is 0 Å². The molecule has 0 spiro atoms. The second-order valence-electron chi connectivity index (χ2n) is 3.16. The van der Waals surface area contributed by atoms with Crippen molar-refractivity contribution in [2.45, 2.75) is 6.92 Å². The van der Waals surface area contributed by atoms with Gasteiger partial charge in [-0.3, -0.25) is 9.69 Å². The predicted octanol–water partition coefficient (Wildman–Crippen LogP) is 1.06. The monoisotopic (exact) mass is 192 g/mol. The van der Waals surface area contributed by atoms with E-state index in [0.717, 1.165) is 18.8 Å². The van der Waals surface area contributed by atoms with Gasteiger partial charge in [0, 0.05) is 18.8 Å². The first-order chi connectivity index (χ1) is 6.76. The summed E-state index contributed by atoms with van der Waals surface area (Å²) in [6.45, 7) is 7.66. The molecule has 0 saturated heterocycles. The molecule has 1 aliphatic rings. The lowest BCUT2D eigenvalue weighted by atomic mass is 10.4. The minimum absolute atomic E-state index is 0.0155. The molecule has 0 unspecified atom stereocenters. The standard InChI is InChI=1S/C11H16N2O/c1-3-10(4-2)12-11(14)9-13-7-5-6-8-13/h3-6H,1,7-9H2,2H3,(H,12,14)/b10-4+. The summed E-state index contributed by atoms with van der Waals surface area (Å²) in [6, 6.07) is 0. The van der Waals surface area contributed by atoms with Crippen molar-refractivity contribution in [1.82, 2.24) is 10.2 Å². The van der Waals surface area contributed by atoms with Crippen molar-refractivity contribution < 1.29 is 4.79 Å². The Hall–Kier alpha value is -1.35. The Balaban J connectivity index is 2.31. The molecule has 0 fully saturated rings. The summed E-state index contributed by atoms with van der Waals surface area (Å²) in [4.78, 5) is 13.5. The second kappa shape index (κ2) is 5.40. The lowest BCUT2D eigenvalue weighted by Gasteiger charge is -2.14. The zero-order chi connectivity index (χ0) is 10.4. The van der Waals surface area contributed by atoms with E-state index in [0.29, 0.717) is 6.54 Å². The molecule has 76 valence electrons. The van der Waals surface area contributed by atoms with Gasteiger partial charge < -0.3 is 5.32 Å². The maximum Gasteiger partial charge on any atom is 0.238 e. The number of nitrogens with one attached hydrogen (secondary N) is 1. The van der Waals surface area contributed by atoms with Gasteiger partial charge >= 0.3 is 0 Å². The fourth-order valence-electron chi connectivity index (χ4n) is 1.30. The maximum absolute atomic E-state index is 11.5. The number of carbonyl (C=O) groups excluding carboxylic acids is 1. The number of amides is 1. The van der Waals surface area contributed by atoms with E-state index in [9.17, 15) is 4.79 Å². The fourth-order valence-corrected chi connectivity index (χ4v) is 1.30. The van der Waals surface area contributed by atoms with E-state index in [1.165, 1.54) is 0 Å². The summed E-state index contributed by atoms with van der Waals surface area (Å²) in [5, 5.41) is 2.78. The third kappa shape index (κ3) is 3.18. The minimum Gasteiger partial charge on any atom is -0.325 e. The topological polar surface area (TPSA) is 32.3 Å². The summed E-state index contributed by atoms with van der Waals surface area (Å²) in [5.41, 5.74) is 0.766. The minimum atomic E-state index is 0.0155. The highest BCUT2D eigenvalue weighted by Gasteiger charge is 2.10. The molecule has 0 saturated carbocycles. The average molecular weight is 192 g/mol. The van der Waals surface area contributed by atoms with Gasteiger partial charge in [0.05, 0.1) is 6.54 Å². The van der Waals surface area contributed by atoms with Crippen LogP contribution in [0.4, 0.5) is 0 Å². The Morgan fingerprint density at radius 3 is 2.71 bits per heavy atom. The molecule has 3 nitrogen and oxygen atoms in total. The lowest BCUT2D eigenvalue weighted by molar-refractivity contribution is -0.121. The van der Waals surface area contributed by atoms with Crippen LogP contribution in [0.25, 0.3) is 0 Å². The van der Waals surface area contributed by atoms with Gasteiger partial charge in [0.25, 0.3) is 0 Å². The Morgan fingerprint density at radius 1 is 1.57 bits per heavy atom. The van der Waals surface area contributed by atoms with Gasteiger partial charge in [-0.05, 0) is 13.0 Å². The van der Waals surface area contributed by atoms with Crippen molar-refractivity contribution in [2.75, 3.05) is 19.6 Å². The summed E-state index contributed by atoms with van der Waals surface area (Å²) >= 11 is 0. The van der Waals surface area contributed by atoms with Crippen LogP contribution in [0.3, 0.4) is 0 Å². The molecule has 0 radical (unpaired) electrons. The van der Waals surface area contributed by atoms with E-state index in [-0.39, 0.29) is 5.91 Å². The van der Waals surface area contributed by atoms with Crippen LogP contribution < -0.4 is 5.32 Å². The van der Waals surface area contributed by atoms with E-state index in [4.69, 9.17) is 0 Å². The average Bonchev–Trinajstić information content (AvgIpc) is 2.66. The number of rotatable bonds is 4. The van der Waals surface area contributed by atoms with Crippen molar-refractivity contribution in [3.05, 3.63) is 36.6 Å². The number of carbonyl (C=O) groups is 1. The number of allylic oxidation sites excluding steroid dienone is 2. The first-order valence-corrected chi connectivity index (χ1v) is 4.72. The van der Waals surface area contributed by atoms with Crippen LogP contribution >= 0.6 is 0 Å². The molecule has 0 aromatic heterocycles. The molecular weight excluding hydrogens is 176 g/mol. The zero-order valence-corrected chi connectivity index (χ0v) is 8.49. The molecule has 1 rings (SSSR count). The Bertz CT molecular complexity index is 271. The summed E-state index contributed by atoms with van der Waals surface area (Å²) < 4.78 is 0. The van der Waals surface area contributed by atoms with E-state index in [1.807, 2.05) is 13.0 Å². The lowest BCUT2D eigenvalue weighted by Crippen LogP contribution is -2.35. The predicted molar refractivity (Wildman–Crippen MR) is 57.7 cm³/mol. The third-order valence-corrected chi connectivity index (χ3v) is 2.08. The van der Waals surface area contributed by atoms with E-state index in [2.05, 4.69) is 28.9 Å². The molecular formula is C11H16N2O. The van der Waals surface area contributed by atoms with Gasteiger partial charge in [0.2, 0.25) is 5.91 Å². The molecule has 1 heterocycles. The Labute approximate surface area is 84.8 Å². The van der Waals surface area contributed by atoms with E-state index < -0.39 is 0 Å². The van der Waals surface area contributed by atoms with Crippen molar-refractivity contribution in [3.8, 4) is 0 Å². The fraction of sp³-hybridized carbons (Fsp3) is 0.364. The van der Waals surface area contributed by atoms with Gasteiger partial charge in [-0.2, -0.15) is 0 Å². The molecule has 0 aromatic rings.